The second-order valence-electron chi connectivity index (χ2n) is 11.3. The molecule has 0 radical (unpaired) electrons. The predicted octanol–water partition coefficient (Wildman–Crippen LogP) is 3.49. The van der Waals surface area contributed by atoms with Crippen LogP contribution in [0.2, 0.25) is 0 Å². The maximum atomic E-state index is 15.7. The Bertz CT molecular complexity index is 1430. The molecule has 42 heavy (non-hydrogen) atoms. The van der Waals surface area contributed by atoms with Crippen molar-refractivity contribution in [2.45, 2.75) is 38.5 Å². The van der Waals surface area contributed by atoms with E-state index in [1.807, 2.05) is 25.8 Å². The highest BCUT2D eigenvalue weighted by molar-refractivity contribution is 6.07. The summed E-state index contributed by atoms with van der Waals surface area (Å²) in [5, 5.41) is 2.57. The Morgan fingerprint density at radius 2 is 1.79 bits per heavy atom. The summed E-state index contributed by atoms with van der Waals surface area (Å²) in [5.41, 5.74) is -1.81. The number of hydrogen-bond donors (Lipinski definition) is 2. The molecule has 2 atom stereocenters. The second kappa shape index (κ2) is 12.3. The van der Waals surface area contributed by atoms with Crippen LogP contribution in [-0.2, 0) is 11.0 Å². The molecule has 2 aliphatic heterocycles. The van der Waals surface area contributed by atoms with Gasteiger partial charge in [0.15, 0.2) is 0 Å². The summed E-state index contributed by atoms with van der Waals surface area (Å²) < 4.78 is 56.8. The Balaban J connectivity index is 1.73. The molecule has 0 saturated carbocycles. The van der Waals surface area contributed by atoms with E-state index in [2.05, 4.69) is 15.2 Å². The second-order valence-corrected chi connectivity index (χ2v) is 11.3. The topological polar surface area (TPSA) is 92.0 Å². The number of hydrogen-bond acceptors (Lipinski definition) is 6. The lowest BCUT2D eigenvalue weighted by Gasteiger charge is -2.44. The van der Waals surface area contributed by atoms with Crippen LogP contribution in [0, 0.1) is 5.82 Å². The number of benzene rings is 1. The summed E-state index contributed by atoms with van der Waals surface area (Å²) in [4.78, 5) is 47.0. The number of likely N-dealkylation sites (N-methyl/N-ethyl adjacent to an activating group) is 2. The Morgan fingerprint density at radius 3 is 2.36 bits per heavy atom. The van der Waals surface area contributed by atoms with Crippen molar-refractivity contribution in [1.82, 2.24) is 19.7 Å². The van der Waals surface area contributed by atoms with Gasteiger partial charge in [-0.2, -0.15) is 13.2 Å². The summed E-state index contributed by atoms with van der Waals surface area (Å²) in [7, 11) is 5.57. The number of halogens is 4. The normalized spacial score (nSPS) is 20.1. The van der Waals surface area contributed by atoms with E-state index in [1.54, 1.807) is 30.0 Å². The monoisotopic (exact) mass is 592 g/mol. The van der Waals surface area contributed by atoms with Gasteiger partial charge in [0.1, 0.15) is 5.82 Å². The van der Waals surface area contributed by atoms with Crippen LogP contribution < -0.4 is 15.8 Å². The summed E-state index contributed by atoms with van der Waals surface area (Å²) >= 11 is 0. The molecular weight excluding hydrogens is 556 g/mol. The van der Waals surface area contributed by atoms with Crippen LogP contribution in [0.25, 0.3) is 5.57 Å². The van der Waals surface area contributed by atoms with Crippen LogP contribution >= 0.6 is 0 Å². The van der Waals surface area contributed by atoms with Gasteiger partial charge in [0.25, 0.3) is 5.91 Å². The number of anilines is 2. The molecule has 228 valence electrons. The first-order chi connectivity index (χ1) is 19.6. The highest BCUT2D eigenvalue weighted by Crippen LogP contribution is 2.37. The predicted molar refractivity (Wildman–Crippen MR) is 153 cm³/mol. The number of alkyl halides is 3. The molecule has 2 aliphatic rings. The minimum Gasteiger partial charge on any atom is -0.367 e. The minimum absolute atomic E-state index is 0.0567. The van der Waals surface area contributed by atoms with E-state index in [0.29, 0.717) is 43.4 Å². The van der Waals surface area contributed by atoms with E-state index in [-0.39, 0.29) is 42.3 Å². The third-order valence-corrected chi connectivity index (χ3v) is 7.87. The van der Waals surface area contributed by atoms with Crippen LogP contribution in [0.1, 0.15) is 41.8 Å². The first-order valence-electron chi connectivity index (χ1n) is 13.7. The van der Waals surface area contributed by atoms with Gasteiger partial charge in [-0.25, -0.2) is 4.39 Å². The van der Waals surface area contributed by atoms with Crippen molar-refractivity contribution in [1.29, 1.82) is 0 Å². The third-order valence-electron chi connectivity index (χ3n) is 7.87. The Morgan fingerprint density at radius 1 is 1.12 bits per heavy atom. The molecule has 2 aromatic rings. The van der Waals surface area contributed by atoms with Crippen molar-refractivity contribution in [3.63, 3.8) is 0 Å². The van der Waals surface area contributed by atoms with E-state index in [9.17, 15) is 27.6 Å². The zero-order valence-corrected chi connectivity index (χ0v) is 24.3. The van der Waals surface area contributed by atoms with E-state index in [1.165, 1.54) is 12.1 Å². The summed E-state index contributed by atoms with van der Waals surface area (Å²) in [6, 6.07) is 3.26. The van der Waals surface area contributed by atoms with Crippen LogP contribution in [0.4, 0.5) is 28.9 Å². The molecule has 2 N–H and O–H groups in total. The zero-order valence-electron chi connectivity index (χ0n) is 24.3. The third kappa shape index (κ3) is 6.84. The fourth-order valence-electron chi connectivity index (χ4n) is 5.37. The Hall–Kier alpha value is -3.71. The van der Waals surface area contributed by atoms with Crippen molar-refractivity contribution in [3.05, 3.63) is 63.3 Å². The SMILES string of the molecule is C[C@@H]1CN(c2cc(F)c(C3=CCN(C(=O)CN(C)C)CC3)cc2NC(=O)c2c[nH]c(=O)cc2C(F)(F)F)C[C@H](C)N1C. The van der Waals surface area contributed by atoms with Crippen molar-refractivity contribution in [2.24, 2.45) is 0 Å². The van der Waals surface area contributed by atoms with Gasteiger partial charge in [-0.05, 0) is 59.1 Å². The van der Waals surface area contributed by atoms with E-state index >= 15 is 4.39 Å². The summed E-state index contributed by atoms with van der Waals surface area (Å²) in [5.74, 6) is -1.69. The number of nitrogens with zero attached hydrogens (tertiary/aromatic N) is 4. The molecule has 9 nitrogen and oxygen atoms in total. The Kier molecular flexibility index (Phi) is 9.12. The smallest absolute Gasteiger partial charge is 0.367 e. The lowest BCUT2D eigenvalue weighted by molar-refractivity contribution is -0.138. The number of carbonyl (C=O) groups excluding carboxylic acids is 2. The standard InChI is InChI=1S/C29H36F4N6O3/c1-17-14-39(15-18(2)37(17)5)25-12-23(30)20(19-6-8-38(9-7-19)27(41)16-36(3)4)10-24(25)35-28(42)21-13-34-26(40)11-22(21)29(31,32)33/h6,10-13,17-18H,7-9,14-16H2,1-5H3,(H,34,40)(H,35,42)/t17-,18+. The van der Waals surface area contributed by atoms with Gasteiger partial charge in [-0.15, -0.1) is 0 Å². The van der Waals surface area contributed by atoms with E-state index in [4.69, 9.17) is 0 Å². The lowest BCUT2D eigenvalue weighted by atomic mass is 9.96. The van der Waals surface area contributed by atoms with E-state index in [0.717, 1.165) is 6.20 Å². The molecule has 1 aromatic carbocycles. The number of aromatic amines is 1. The van der Waals surface area contributed by atoms with Crippen LogP contribution in [-0.4, -0.2) is 97.4 Å². The van der Waals surface area contributed by atoms with Gasteiger partial charge in [0.05, 0.1) is 29.0 Å². The fraction of sp³-hybridized carbons (Fsp3) is 0.483. The number of pyridine rings is 1. The molecule has 1 fully saturated rings. The highest BCUT2D eigenvalue weighted by Gasteiger charge is 2.36. The van der Waals surface area contributed by atoms with Gasteiger partial charge < -0.3 is 25.0 Å². The van der Waals surface area contributed by atoms with Gasteiger partial charge in [-0.3, -0.25) is 19.3 Å². The number of H-pyrrole nitrogens is 1. The number of aromatic nitrogens is 1. The minimum atomic E-state index is -4.94. The van der Waals surface area contributed by atoms with Gasteiger partial charge in [0, 0.05) is 56.1 Å². The van der Waals surface area contributed by atoms with Crippen LogP contribution in [0.15, 0.2) is 35.3 Å². The molecule has 1 aromatic heterocycles. The molecule has 13 heteroatoms. The molecule has 0 bridgehead atoms. The van der Waals surface area contributed by atoms with Crippen LogP contribution in [0.3, 0.4) is 0 Å². The number of nitrogens with one attached hydrogen (secondary N) is 2. The molecule has 0 aliphatic carbocycles. The lowest BCUT2D eigenvalue weighted by Crippen LogP contribution is -2.55. The van der Waals surface area contributed by atoms with E-state index < -0.39 is 34.6 Å². The van der Waals surface area contributed by atoms with Crippen molar-refractivity contribution >= 4 is 28.8 Å². The van der Waals surface area contributed by atoms with Gasteiger partial charge in [-0.1, -0.05) is 6.08 Å². The average molecular weight is 593 g/mol. The quantitative estimate of drug-likeness (QED) is 0.500. The highest BCUT2D eigenvalue weighted by atomic mass is 19.4. The average Bonchev–Trinajstić information content (AvgIpc) is 2.91. The van der Waals surface area contributed by atoms with Crippen LogP contribution in [0.5, 0.6) is 0 Å². The first-order valence-corrected chi connectivity index (χ1v) is 13.7. The fourth-order valence-corrected chi connectivity index (χ4v) is 5.37. The molecule has 1 saturated heterocycles. The van der Waals surface area contributed by atoms with Gasteiger partial charge >= 0.3 is 6.18 Å². The number of carbonyl (C=O) groups is 2. The Labute approximate surface area is 241 Å². The maximum absolute atomic E-state index is 15.7. The summed E-state index contributed by atoms with van der Waals surface area (Å²) in [6.07, 6.45) is -2.09. The number of rotatable bonds is 6. The summed E-state index contributed by atoms with van der Waals surface area (Å²) in [6.45, 7) is 5.93. The van der Waals surface area contributed by atoms with Gasteiger partial charge in [0.2, 0.25) is 11.5 Å². The molecule has 0 unspecified atom stereocenters. The first kappa shape index (κ1) is 31.2. The molecule has 3 heterocycles. The maximum Gasteiger partial charge on any atom is 0.417 e. The molecular formula is C29H36F4N6O3. The van der Waals surface area contributed by atoms with Crippen molar-refractivity contribution in [2.75, 3.05) is 64.1 Å². The zero-order chi connectivity index (χ0) is 30.9. The molecule has 2 amide bonds. The molecule has 4 rings (SSSR count). The number of piperazine rings is 1. The number of amides is 2. The van der Waals surface area contributed by atoms with Crippen molar-refractivity contribution in [3.8, 4) is 0 Å². The molecule has 0 spiro atoms. The largest absolute Gasteiger partial charge is 0.417 e. The van der Waals surface area contributed by atoms with Crippen molar-refractivity contribution < 1.29 is 27.2 Å².